The van der Waals surface area contributed by atoms with Crippen molar-refractivity contribution in [2.45, 2.75) is 51.7 Å². The highest BCUT2D eigenvalue weighted by atomic mass is 16.3. The molecule has 4 atom stereocenters. The van der Waals surface area contributed by atoms with Crippen LogP contribution in [0.3, 0.4) is 0 Å². The van der Waals surface area contributed by atoms with E-state index in [0.29, 0.717) is 6.42 Å². The molecule has 1 aromatic rings. The molecule has 2 aliphatic rings. The van der Waals surface area contributed by atoms with Gasteiger partial charge in [0, 0.05) is 12.0 Å². The first-order valence-corrected chi connectivity index (χ1v) is 6.76. The zero-order chi connectivity index (χ0) is 13.1. The third kappa shape index (κ3) is 1.72. The fraction of sp³-hybridized carbons (Fsp3) is 0.733. The average molecular weight is 250 g/mol. The second-order valence-electron chi connectivity index (χ2n) is 7.17. The van der Waals surface area contributed by atoms with E-state index >= 15 is 0 Å². The van der Waals surface area contributed by atoms with Crippen molar-refractivity contribution in [3.05, 3.63) is 23.7 Å². The summed E-state index contributed by atoms with van der Waals surface area (Å²) >= 11 is 0. The van der Waals surface area contributed by atoms with Crippen LogP contribution in [0.2, 0.25) is 0 Å². The fourth-order valence-electron chi connectivity index (χ4n) is 4.11. The predicted octanol–water partition coefficient (Wildman–Crippen LogP) is 2.67. The molecule has 100 valence electrons. The lowest BCUT2D eigenvalue weighted by molar-refractivity contribution is -0.0392. The molecule has 0 amide bonds. The maximum Gasteiger partial charge on any atom is 0.0963 e. The maximum atomic E-state index is 10.8. The highest BCUT2D eigenvalue weighted by molar-refractivity contribution is 5.29. The highest BCUT2D eigenvalue weighted by Crippen LogP contribution is 2.56. The molecule has 2 aliphatic carbocycles. The van der Waals surface area contributed by atoms with Crippen molar-refractivity contribution in [3.8, 4) is 0 Å². The van der Waals surface area contributed by atoms with Gasteiger partial charge in [-0.05, 0) is 42.6 Å². The van der Waals surface area contributed by atoms with Crippen molar-refractivity contribution in [3.63, 3.8) is 0 Å². The van der Waals surface area contributed by atoms with Crippen molar-refractivity contribution < 1.29 is 14.6 Å². The van der Waals surface area contributed by atoms with Gasteiger partial charge in [-0.25, -0.2) is 0 Å². The lowest BCUT2D eigenvalue weighted by Gasteiger charge is -2.33. The van der Waals surface area contributed by atoms with Gasteiger partial charge in [0.2, 0.25) is 0 Å². The van der Waals surface area contributed by atoms with Gasteiger partial charge in [-0.3, -0.25) is 0 Å². The van der Waals surface area contributed by atoms with E-state index in [2.05, 4.69) is 13.8 Å². The largest absolute Gasteiger partial charge is 0.472 e. The quantitative estimate of drug-likeness (QED) is 0.744. The summed E-state index contributed by atoms with van der Waals surface area (Å²) in [4.78, 5) is 0. The zero-order valence-corrected chi connectivity index (χ0v) is 11.3. The summed E-state index contributed by atoms with van der Waals surface area (Å²) in [5.41, 5.74) is 1.27. The van der Waals surface area contributed by atoms with Crippen LogP contribution >= 0.6 is 0 Å². The van der Waals surface area contributed by atoms with Crippen LogP contribution in [0.5, 0.6) is 0 Å². The first kappa shape index (κ1) is 12.2. The molecule has 3 rings (SSSR count). The minimum Gasteiger partial charge on any atom is -0.472 e. The molecule has 0 radical (unpaired) electrons. The molecule has 1 fully saturated rings. The smallest absolute Gasteiger partial charge is 0.0963 e. The van der Waals surface area contributed by atoms with Crippen molar-refractivity contribution in [1.29, 1.82) is 0 Å². The predicted molar refractivity (Wildman–Crippen MR) is 68.0 cm³/mol. The van der Waals surface area contributed by atoms with E-state index in [1.54, 1.807) is 12.5 Å². The van der Waals surface area contributed by atoms with E-state index < -0.39 is 11.7 Å². The molecule has 1 aromatic heterocycles. The molecule has 1 saturated carbocycles. The van der Waals surface area contributed by atoms with Gasteiger partial charge in [0.15, 0.2) is 0 Å². The Labute approximate surface area is 108 Å². The van der Waals surface area contributed by atoms with E-state index in [1.807, 2.05) is 6.92 Å². The second kappa shape index (κ2) is 3.61. The summed E-state index contributed by atoms with van der Waals surface area (Å²) in [6.45, 7) is 6.35. The molecule has 3 heteroatoms. The number of aliphatic hydroxyl groups excluding tert-OH is 1. The number of rotatable bonds is 0. The second-order valence-corrected chi connectivity index (χ2v) is 7.17. The topological polar surface area (TPSA) is 53.6 Å². The summed E-state index contributed by atoms with van der Waals surface area (Å²) in [6, 6.07) is 0. The van der Waals surface area contributed by atoms with Crippen LogP contribution in [-0.2, 0) is 6.42 Å². The summed E-state index contributed by atoms with van der Waals surface area (Å²) in [6.07, 6.45) is 5.32. The van der Waals surface area contributed by atoms with E-state index in [4.69, 9.17) is 4.42 Å². The van der Waals surface area contributed by atoms with Crippen LogP contribution in [-0.4, -0.2) is 15.8 Å². The highest BCUT2D eigenvalue weighted by Gasteiger charge is 2.52. The van der Waals surface area contributed by atoms with Gasteiger partial charge in [-0.1, -0.05) is 13.8 Å². The molecule has 0 aromatic carbocycles. The van der Waals surface area contributed by atoms with Gasteiger partial charge >= 0.3 is 0 Å². The van der Waals surface area contributed by atoms with Crippen LogP contribution < -0.4 is 0 Å². The minimum atomic E-state index is -0.755. The number of aliphatic hydroxyl groups is 2. The number of fused-ring (bicyclic) bond motifs is 2. The Kier molecular flexibility index (Phi) is 2.46. The molecule has 0 aliphatic heterocycles. The van der Waals surface area contributed by atoms with Gasteiger partial charge in [0.25, 0.3) is 0 Å². The Morgan fingerprint density at radius 3 is 2.67 bits per heavy atom. The SMILES string of the molecule is CC1(C)C[C@H]2[C@@H](O)c3cocc3C[C@@](C)(O)[C@H]2C1. The zero-order valence-electron chi connectivity index (χ0n) is 11.3. The Morgan fingerprint density at radius 2 is 1.94 bits per heavy atom. The molecule has 0 unspecified atom stereocenters. The first-order chi connectivity index (χ1) is 8.30. The number of hydrogen-bond acceptors (Lipinski definition) is 3. The average Bonchev–Trinajstić information content (AvgIpc) is 2.79. The van der Waals surface area contributed by atoms with Gasteiger partial charge in [0.05, 0.1) is 24.2 Å². The normalized spacial score (nSPS) is 42.2. The molecule has 0 spiro atoms. The van der Waals surface area contributed by atoms with Gasteiger partial charge in [0.1, 0.15) is 0 Å². The van der Waals surface area contributed by atoms with Gasteiger partial charge in [-0.2, -0.15) is 0 Å². The molecule has 0 bridgehead atoms. The van der Waals surface area contributed by atoms with E-state index in [9.17, 15) is 10.2 Å². The molecule has 2 N–H and O–H groups in total. The third-order valence-electron chi connectivity index (χ3n) is 4.93. The van der Waals surface area contributed by atoms with E-state index in [0.717, 1.165) is 24.0 Å². The standard InChI is InChI=1S/C15H22O3/c1-14(2)5-10-12(6-14)15(3,17)4-9-7-18-8-11(9)13(10)16/h7-8,10,12-13,16-17H,4-6H2,1-3H3/t10-,12+,13-,15-/m1/s1. The van der Waals surface area contributed by atoms with E-state index in [-0.39, 0.29) is 17.3 Å². The monoisotopic (exact) mass is 250 g/mol. The molecule has 18 heavy (non-hydrogen) atoms. The number of furan rings is 1. The Hall–Kier alpha value is -0.800. The summed E-state index contributed by atoms with van der Waals surface area (Å²) < 4.78 is 5.22. The Morgan fingerprint density at radius 1 is 1.22 bits per heavy atom. The van der Waals surface area contributed by atoms with Crippen molar-refractivity contribution in [2.24, 2.45) is 17.3 Å². The van der Waals surface area contributed by atoms with Crippen molar-refractivity contribution in [1.82, 2.24) is 0 Å². The molecule has 3 nitrogen and oxygen atoms in total. The molecule has 1 heterocycles. The van der Waals surface area contributed by atoms with Gasteiger partial charge < -0.3 is 14.6 Å². The molecular formula is C15H22O3. The van der Waals surface area contributed by atoms with Crippen LogP contribution in [0, 0.1) is 17.3 Å². The van der Waals surface area contributed by atoms with Crippen LogP contribution in [0.4, 0.5) is 0 Å². The lowest BCUT2D eigenvalue weighted by Crippen LogP contribution is -2.38. The van der Waals surface area contributed by atoms with Gasteiger partial charge in [-0.15, -0.1) is 0 Å². The first-order valence-electron chi connectivity index (χ1n) is 6.76. The molecule has 0 saturated heterocycles. The van der Waals surface area contributed by atoms with Crippen molar-refractivity contribution in [2.75, 3.05) is 0 Å². The van der Waals surface area contributed by atoms with Crippen LogP contribution in [0.15, 0.2) is 16.9 Å². The third-order valence-corrected chi connectivity index (χ3v) is 4.93. The Bertz CT molecular complexity index is 458. The minimum absolute atomic E-state index is 0.133. The van der Waals surface area contributed by atoms with Crippen LogP contribution in [0.25, 0.3) is 0 Å². The molecular weight excluding hydrogens is 228 g/mol. The summed E-state index contributed by atoms with van der Waals surface area (Å²) in [7, 11) is 0. The summed E-state index contributed by atoms with van der Waals surface area (Å²) in [5.74, 6) is 0.295. The summed E-state index contributed by atoms with van der Waals surface area (Å²) in [5, 5.41) is 21.4. The van der Waals surface area contributed by atoms with Crippen molar-refractivity contribution >= 4 is 0 Å². The number of hydrogen-bond donors (Lipinski definition) is 2. The lowest BCUT2D eigenvalue weighted by atomic mass is 9.78. The fourth-order valence-corrected chi connectivity index (χ4v) is 4.11. The maximum absolute atomic E-state index is 10.8. The Balaban J connectivity index is 2.06. The van der Waals surface area contributed by atoms with E-state index in [1.165, 1.54) is 0 Å². The van der Waals surface area contributed by atoms with Crippen LogP contribution in [0.1, 0.15) is 50.8 Å².